The molecule has 1 aliphatic heterocycles. The van der Waals surface area contributed by atoms with E-state index in [9.17, 15) is 14.4 Å². The van der Waals surface area contributed by atoms with Crippen LogP contribution in [0.3, 0.4) is 0 Å². The topological polar surface area (TPSA) is 91.8 Å². The summed E-state index contributed by atoms with van der Waals surface area (Å²) in [4.78, 5) is 41.7. The molecular weight excluding hydrogens is 362 g/mol. The van der Waals surface area contributed by atoms with E-state index in [0.717, 1.165) is 0 Å². The van der Waals surface area contributed by atoms with Crippen LogP contribution in [-0.4, -0.2) is 35.9 Å². The van der Waals surface area contributed by atoms with E-state index in [4.69, 9.17) is 14.2 Å². The summed E-state index contributed by atoms with van der Waals surface area (Å²) >= 11 is 0. The maximum absolute atomic E-state index is 12.8. The summed E-state index contributed by atoms with van der Waals surface area (Å²) < 4.78 is 15.8. The molecule has 0 saturated heterocycles. The molecule has 146 valence electrons. The zero-order valence-electron chi connectivity index (χ0n) is 15.7. The van der Waals surface area contributed by atoms with Crippen LogP contribution in [0.2, 0.25) is 0 Å². The number of pyridine rings is 1. The van der Waals surface area contributed by atoms with E-state index in [1.165, 1.54) is 13.1 Å². The number of carbonyl (C=O) groups excluding carboxylic acids is 3. The van der Waals surface area contributed by atoms with Crippen molar-refractivity contribution in [3.63, 3.8) is 0 Å². The molecule has 0 unspecified atom stereocenters. The molecule has 7 heteroatoms. The number of esters is 1. The third-order valence-electron chi connectivity index (χ3n) is 4.56. The Morgan fingerprint density at radius 2 is 1.93 bits per heavy atom. The molecule has 0 N–H and O–H groups in total. The van der Waals surface area contributed by atoms with Gasteiger partial charge in [0.15, 0.2) is 17.3 Å². The fraction of sp³-hybridized carbons (Fsp3) is 0.333. The SMILES string of the molecule is CCOC(=O)[C@@H](C(C)=O)[C@@H](CC(=O)c1ccccn1)c1ccc2c(c1)OCO2. The molecule has 1 aromatic carbocycles. The van der Waals surface area contributed by atoms with Crippen LogP contribution in [0.15, 0.2) is 42.6 Å². The van der Waals surface area contributed by atoms with E-state index >= 15 is 0 Å². The van der Waals surface area contributed by atoms with Gasteiger partial charge >= 0.3 is 5.97 Å². The number of ether oxygens (including phenoxy) is 3. The third kappa shape index (κ3) is 4.19. The normalized spacial score (nSPS) is 14.2. The number of nitrogens with zero attached hydrogens (tertiary/aromatic N) is 1. The van der Waals surface area contributed by atoms with Crippen LogP contribution < -0.4 is 9.47 Å². The van der Waals surface area contributed by atoms with Crippen molar-refractivity contribution in [3.8, 4) is 11.5 Å². The highest BCUT2D eigenvalue weighted by Gasteiger charge is 2.37. The van der Waals surface area contributed by atoms with Crippen molar-refractivity contribution in [1.29, 1.82) is 0 Å². The number of hydrogen-bond donors (Lipinski definition) is 0. The molecule has 0 bridgehead atoms. The van der Waals surface area contributed by atoms with Crippen molar-refractivity contribution in [2.45, 2.75) is 26.2 Å². The van der Waals surface area contributed by atoms with Crippen molar-refractivity contribution in [1.82, 2.24) is 4.98 Å². The van der Waals surface area contributed by atoms with Gasteiger partial charge in [-0.05, 0) is 43.7 Å². The molecule has 0 saturated carbocycles. The van der Waals surface area contributed by atoms with E-state index in [0.29, 0.717) is 17.1 Å². The fourth-order valence-corrected chi connectivity index (χ4v) is 3.25. The van der Waals surface area contributed by atoms with E-state index in [-0.39, 0.29) is 37.1 Å². The van der Waals surface area contributed by atoms with E-state index in [1.807, 2.05) is 0 Å². The smallest absolute Gasteiger partial charge is 0.317 e. The average Bonchev–Trinajstić information content (AvgIpc) is 3.15. The first-order valence-electron chi connectivity index (χ1n) is 9.02. The lowest BCUT2D eigenvalue weighted by molar-refractivity contribution is -0.152. The Morgan fingerprint density at radius 1 is 1.14 bits per heavy atom. The maximum Gasteiger partial charge on any atom is 0.317 e. The number of hydrogen-bond acceptors (Lipinski definition) is 7. The van der Waals surface area contributed by atoms with Crippen LogP contribution in [-0.2, 0) is 14.3 Å². The van der Waals surface area contributed by atoms with Crippen LogP contribution in [0.1, 0.15) is 42.2 Å². The highest BCUT2D eigenvalue weighted by Crippen LogP contribution is 2.38. The van der Waals surface area contributed by atoms with Gasteiger partial charge in [0.1, 0.15) is 17.4 Å². The van der Waals surface area contributed by atoms with Gasteiger partial charge in [-0.3, -0.25) is 19.4 Å². The second-order valence-corrected chi connectivity index (χ2v) is 6.40. The molecule has 0 amide bonds. The number of Topliss-reactive ketones (excluding diaryl/α,β-unsaturated/α-hetero) is 2. The lowest BCUT2D eigenvalue weighted by Crippen LogP contribution is -2.32. The lowest BCUT2D eigenvalue weighted by Gasteiger charge is -2.24. The predicted octanol–water partition coefficient (Wildman–Crippen LogP) is 2.94. The molecule has 0 aliphatic carbocycles. The largest absolute Gasteiger partial charge is 0.465 e. The second-order valence-electron chi connectivity index (χ2n) is 6.40. The Labute approximate surface area is 162 Å². The number of fused-ring (bicyclic) bond motifs is 1. The lowest BCUT2D eigenvalue weighted by atomic mass is 9.79. The van der Waals surface area contributed by atoms with Crippen LogP contribution in [0.4, 0.5) is 0 Å². The Kier molecular flexibility index (Phi) is 6.03. The van der Waals surface area contributed by atoms with Crippen LogP contribution in [0, 0.1) is 5.92 Å². The molecule has 28 heavy (non-hydrogen) atoms. The van der Waals surface area contributed by atoms with Gasteiger partial charge in [0.2, 0.25) is 6.79 Å². The van der Waals surface area contributed by atoms with Crippen LogP contribution in [0.5, 0.6) is 11.5 Å². The molecule has 2 heterocycles. The Balaban J connectivity index is 1.98. The van der Waals surface area contributed by atoms with Gasteiger partial charge in [-0.2, -0.15) is 0 Å². The Morgan fingerprint density at radius 3 is 2.61 bits per heavy atom. The molecule has 7 nitrogen and oxygen atoms in total. The summed E-state index contributed by atoms with van der Waals surface area (Å²) in [7, 11) is 0. The monoisotopic (exact) mass is 383 g/mol. The molecule has 0 spiro atoms. The minimum atomic E-state index is -1.10. The van der Waals surface area contributed by atoms with Gasteiger partial charge in [-0.1, -0.05) is 12.1 Å². The molecule has 0 radical (unpaired) electrons. The zero-order chi connectivity index (χ0) is 20.1. The molecule has 1 aliphatic rings. The molecule has 1 aromatic heterocycles. The predicted molar refractivity (Wildman–Crippen MR) is 99.3 cm³/mol. The van der Waals surface area contributed by atoms with Crippen molar-refractivity contribution in [2.24, 2.45) is 5.92 Å². The zero-order valence-corrected chi connectivity index (χ0v) is 15.7. The van der Waals surface area contributed by atoms with E-state index in [2.05, 4.69) is 4.98 Å². The van der Waals surface area contributed by atoms with Crippen molar-refractivity contribution in [3.05, 3.63) is 53.9 Å². The first-order chi connectivity index (χ1) is 13.5. The Bertz CT molecular complexity index is 880. The number of carbonyl (C=O) groups is 3. The van der Waals surface area contributed by atoms with Crippen LogP contribution >= 0.6 is 0 Å². The molecular formula is C21H21NO6. The van der Waals surface area contributed by atoms with Crippen molar-refractivity contribution < 1.29 is 28.6 Å². The summed E-state index contributed by atoms with van der Waals surface area (Å²) in [6.45, 7) is 3.24. The van der Waals surface area contributed by atoms with Crippen molar-refractivity contribution in [2.75, 3.05) is 13.4 Å². The standard InChI is InChI=1S/C21H21NO6/c1-3-26-21(25)20(13(2)23)15(11-17(24)16-6-4-5-9-22-16)14-7-8-18-19(10-14)28-12-27-18/h4-10,15,20H,3,11-12H2,1-2H3/t15-,20-/m0/s1. The maximum atomic E-state index is 12.8. The first-order valence-corrected chi connectivity index (χ1v) is 9.02. The molecule has 0 fully saturated rings. The van der Waals surface area contributed by atoms with Gasteiger partial charge in [0, 0.05) is 18.5 Å². The minimum Gasteiger partial charge on any atom is -0.465 e. The summed E-state index contributed by atoms with van der Waals surface area (Å²) in [6.07, 6.45) is 1.45. The first kappa shape index (κ1) is 19.5. The quantitative estimate of drug-likeness (QED) is 0.393. The summed E-state index contributed by atoms with van der Waals surface area (Å²) in [5.41, 5.74) is 0.904. The number of aromatic nitrogens is 1. The molecule has 2 atom stereocenters. The molecule has 3 rings (SSSR count). The summed E-state index contributed by atoms with van der Waals surface area (Å²) in [6, 6.07) is 10.2. The van der Waals surface area contributed by atoms with Gasteiger partial charge in [0.25, 0.3) is 0 Å². The minimum absolute atomic E-state index is 0.0697. The van der Waals surface area contributed by atoms with Gasteiger partial charge in [-0.25, -0.2) is 0 Å². The fourth-order valence-electron chi connectivity index (χ4n) is 3.25. The second kappa shape index (κ2) is 8.65. The van der Waals surface area contributed by atoms with Crippen molar-refractivity contribution >= 4 is 17.5 Å². The number of ketones is 2. The van der Waals surface area contributed by atoms with E-state index < -0.39 is 17.8 Å². The van der Waals surface area contributed by atoms with E-state index in [1.54, 1.807) is 43.3 Å². The Hall–Kier alpha value is -3.22. The van der Waals surface area contributed by atoms with Gasteiger partial charge in [0.05, 0.1) is 6.61 Å². The average molecular weight is 383 g/mol. The van der Waals surface area contributed by atoms with Crippen LogP contribution in [0.25, 0.3) is 0 Å². The summed E-state index contributed by atoms with van der Waals surface area (Å²) in [5, 5.41) is 0. The number of benzene rings is 1. The highest BCUT2D eigenvalue weighted by atomic mass is 16.7. The third-order valence-corrected chi connectivity index (χ3v) is 4.56. The number of rotatable bonds is 8. The highest BCUT2D eigenvalue weighted by molar-refractivity contribution is 6.01. The van der Waals surface area contributed by atoms with Gasteiger partial charge < -0.3 is 14.2 Å². The summed E-state index contributed by atoms with van der Waals surface area (Å²) in [5.74, 6) is -2.00. The van der Waals surface area contributed by atoms with Gasteiger partial charge in [-0.15, -0.1) is 0 Å². The molecule has 2 aromatic rings.